The summed E-state index contributed by atoms with van der Waals surface area (Å²) in [7, 11) is 0. The van der Waals surface area contributed by atoms with Gasteiger partial charge in [0.2, 0.25) is 5.91 Å². The van der Waals surface area contributed by atoms with Crippen molar-refractivity contribution >= 4 is 23.0 Å². The Morgan fingerprint density at radius 2 is 1.90 bits per heavy atom. The number of nitrogens with zero attached hydrogens (tertiary/aromatic N) is 3. The van der Waals surface area contributed by atoms with Crippen LogP contribution in [0.5, 0.6) is 5.75 Å². The predicted molar refractivity (Wildman–Crippen MR) is 111 cm³/mol. The van der Waals surface area contributed by atoms with Crippen LogP contribution < -0.4 is 9.64 Å². The van der Waals surface area contributed by atoms with Gasteiger partial charge in [-0.3, -0.25) is 4.79 Å². The lowest BCUT2D eigenvalue weighted by atomic mass is 10.1. The molecule has 8 heteroatoms. The average molecular weight is 415 g/mol. The van der Waals surface area contributed by atoms with Crippen LogP contribution in [0.25, 0.3) is 11.1 Å². The zero-order chi connectivity index (χ0) is 20.3. The number of anilines is 1. The molecule has 1 aliphatic carbocycles. The fraction of sp³-hybridized carbons (Fsp3) is 0.636. The highest BCUT2D eigenvalue weighted by Gasteiger charge is 2.25. The Hall–Kier alpha value is -2.32. The van der Waals surface area contributed by atoms with Crippen LogP contribution in [-0.4, -0.2) is 74.5 Å². The van der Waals surface area contributed by atoms with E-state index in [1.807, 2.05) is 23.1 Å². The first-order valence-electron chi connectivity index (χ1n) is 11.0. The number of ether oxygens (including phenoxy) is 3. The molecule has 2 aromatic rings. The fourth-order valence-corrected chi connectivity index (χ4v) is 3.92. The van der Waals surface area contributed by atoms with E-state index in [0.717, 1.165) is 55.3 Å². The van der Waals surface area contributed by atoms with E-state index < -0.39 is 0 Å². The number of hydrogen-bond acceptors (Lipinski definition) is 7. The van der Waals surface area contributed by atoms with Crippen LogP contribution >= 0.6 is 0 Å². The van der Waals surface area contributed by atoms with Crippen LogP contribution in [0.4, 0.5) is 6.01 Å². The van der Waals surface area contributed by atoms with Crippen molar-refractivity contribution < 1.29 is 23.4 Å². The van der Waals surface area contributed by atoms with Crippen molar-refractivity contribution in [3.05, 3.63) is 18.2 Å². The van der Waals surface area contributed by atoms with Gasteiger partial charge in [0.05, 0.1) is 25.9 Å². The average Bonchev–Trinajstić information content (AvgIpc) is 3.53. The molecule has 0 N–H and O–H groups in total. The maximum Gasteiger partial charge on any atom is 0.298 e. The van der Waals surface area contributed by atoms with Gasteiger partial charge in [-0.15, -0.1) is 0 Å². The summed E-state index contributed by atoms with van der Waals surface area (Å²) in [5, 5.41) is 0. The summed E-state index contributed by atoms with van der Waals surface area (Å²) in [6, 6.07) is 6.49. The minimum atomic E-state index is 0.0550. The lowest BCUT2D eigenvalue weighted by Gasteiger charge is -2.31. The Morgan fingerprint density at radius 3 is 2.67 bits per heavy atom. The summed E-state index contributed by atoms with van der Waals surface area (Å²) in [5.74, 6) is 1.62. The monoisotopic (exact) mass is 415 g/mol. The molecular weight excluding hydrogens is 386 g/mol. The molecule has 1 saturated carbocycles. The lowest BCUT2D eigenvalue weighted by molar-refractivity contribution is -0.142. The molecule has 0 unspecified atom stereocenters. The van der Waals surface area contributed by atoms with Gasteiger partial charge in [0.25, 0.3) is 6.01 Å². The van der Waals surface area contributed by atoms with Crippen molar-refractivity contribution in [3.63, 3.8) is 0 Å². The van der Waals surface area contributed by atoms with E-state index in [-0.39, 0.29) is 18.6 Å². The van der Waals surface area contributed by atoms with Gasteiger partial charge < -0.3 is 28.4 Å². The molecule has 30 heavy (non-hydrogen) atoms. The number of benzene rings is 1. The van der Waals surface area contributed by atoms with Crippen molar-refractivity contribution in [1.82, 2.24) is 9.88 Å². The molecule has 0 bridgehead atoms. The number of carbonyl (C=O) groups excluding carboxylic acids is 1. The topological polar surface area (TPSA) is 77.3 Å². The van der Waals surface area contributed by atoms with E-state index in [2.05, 4.69) is 9.88 Å². The Labute approximate surface area is 176 Å². The van der Waals surface area contributed by atoms with Gasteiger partial charge in [-0.05, 0) is 43.7 Å². The van der Waals surface area contributed by atoms with Gasteiger partial charge in [-0.1, -0.05) is 0 Å². The van der Waals surface area contributed by atoms with E-state index in [4.69, 9.17) is 18.6 Å². The second-order valence-corrected chi connectivity index (χ2v) is 8.37. The van der Waals surface area contributed by atoms with Crippen LogP contribution in [0.2, 0.25) is 0 Å². The Balaban J connectivity index is 1.11. The molecule has 0 atom stereocenters. The number of morpholine rings is 1. The molecule has 1 aromatic carbocycles. The molecule has 1 amide bonds. The number of carbonyl (C=O) groups is 1. The molecule has 3 heterocycles. The number of amides is 1. The molecular formula is C22H29N3O5. The summed E-state index contributed by atoms with van der Waals surface area (Å²) in [5.41, 5.74) is 1.60. The number of oxazole rings is 1. The number of hydrogen-bond donors (Lipinski definition) is 0. The molecule has 3 aliphatic rings. The molecule has 1 aromatic heterocycles. The maximum absolute atomic E-state index is 12.2. The van der Waals surface area contributed by atoms with E-state index in [0.29, 0.717) is 32.3 Å². The van der Waals surface area contributed by atoms with Crippen LogP contribution in [0.1, 0.15) is 25.7 Å². The number of piperidine rings is 1. The summed E-state index contributed by atoms with van der Waals surface area (Å²) in [6.07, 6.45) is 4.35. The molecule has 5 rings (SSSR count). The summed E-state index contributed by atoms with van der Waals surface area (Å²) in [4.78, 5) is 20.8. The van der Waals surface area contributed by atoms with E-state index >= 15 is 0 Å². The van der Waals surface area contributed by atoms with Gasteiger partial charge >= 0.3 is 0 Å². The van der Waals surface area contributed by atoms with Crippen LogP contribution in [0.3, 0.4) is 0 Å². The van der Waals surface area contributed by atoms with Gasteiger partial charge in [0.1, 0.15) is 17.9 Å². The van der Waals surface area contributed by atoms with Crippen molar-refractivity contribution in [2.45, 2.75) is 31.8 Å². The van der Waals surface area contributed by atoms with Crippen LogP contribution in [0, 0.1) is 5.92 Å². The maximum atomic E-state index is 12.2. The SMILES string of the molecule is O=C(COC1CCN(c2nc3ccc(OCC4CC4)cc3o2)CC1)N1CCOCC1. The first kappa shape index (κ1) is 19.6. The highest BCUT2D eigenvalue weighted by atomic mass is 16.5. The quantitative estimate of drug-likeness (QED) is 0.687. The van der Waals surface area contributed by atoms with Crippen molar-refractivity contribution in [2.24, 2.45) is 5.92 Å². The number of aromatic nitrogens is 1. The standard InChI is InChI=1S/C22H29N3O5/c26-21(24-9-11-27-12-10-24)15-29-17-5-7-25(8-6-17)22-23-19-4-3-18(13-20(19)30-22)28-14-16-1-2-16/h3-4,13,16-17H,1-2,5-12,14-15H2. The minimum Gasteiger partial charge on any atom is -0.493 e. The molecule has 2 aliphatic heterocycles. The Kier molecular flexibility index (Phi) is 5.77. The van der Waals surface area contributed by atoms with E-state index in [1.54, 1.807) is 0 Å². The van der Waals surface area contributed by atoms with Gasteiger partial charge in [-0.25, -0.2) is 0 Å². The van der Waals surface area contributed by atoms with Crippen molar-refractivity contribution in [2.75, 3.05) is 57.5 Å². The molecule has 2 saturated heterocycles. The summed E-state index contributed by atoms with van der Waals surface area (Å²) >= 11 is 0. The summed E-state index contributed by atoms with van der Waals surface area (Å²) < 4.78 is 23.0. The second kappa shape index (κ2) is 8.81. The van der Waals surface area contributed by atoms with E-state index in [9.17, 15) is 4.79 Å². The van der Waals surface area contributed by atoms with E-state index in [1.165, 1.54) is 12.8 Å². The molecule has 162 valence electrons. The Bertz CT molecular complexity index is 867. The predicted octanol–water partition coefficient (Wildman–Crippen LogP) is 2.46. The van der Waals surface area contributed by atoms with Crippen LogP contribution in [0.15, 0.2) is 22.6 Å². The smallest absolute Gasteiger partial charge is 0.298 e. The summed E-state index contributed by atoms with van der Waals surface area (Å²) in [6.45, 7) is 5.08. The van der Waals surface area contributed by atoms with Crippen molar-refractivity contribution in [3.8, 4) is 5.75 Å². The highest BCUT2D eigenvalue weighted by Crippen LogP contribution is 2.31. The van der Waals surface area contributed by atoms with Crippen molar-refractivity contribution in [1.29, 1.82) is 0 Å². The molecule has 0 spiro atoms. The van der Waals surface area contributed by atoms with Gasteiger partial charge in [-0.2, -0.15) is 4.98 Å². The zero-order valence-electron chi connectivity index (χ0n) is 17.3. The Morgan fingerprint density at radius 1 is 1.10 bits per heavy atom. The largest absolute Gasteiger partial charge is 0.493 e. The third-order valence-electron chi connectivity index (χ3n) is 6.05. The second-order valence-electron chi connectivity index (χ2n) is 8.37. The zero-order valence-corrected chi connectivity index (χ0v) is 17.3. The molecule has 0 radical (unpaired) electrons. The molecule has 3 fully saturated rings. The lowest BCUT2D eigenvalue weighted by Crippen LogP contribution is -2.44. The third-order valence-corrected chi connectivity index (χ3v) is 6.05. The normalized spacial score (nSPS) is 20.7. The van der Waals surface area contributed by atoms with Gasteiger partial charge in [0, 0.05) is 32.2 Å². The first-order chi connectivity index (χ1) is 14.7. The van der Waals surface area contributed by atoms with Crippen LogP contribution in [-0.2, 0) is 14.3 Å². The first-order valence-corrected chi connectivity index (χ1v) is 11.0. The minimum absolute atomic E-state index is 0.0550. The highest BCUT2D eigenvalue weighted by molar-refractivity contribution is 5.77. The number of fused-ring (bicyclic) bond motifs is 1. The fourth-order valence-electron chi connectivity index (χ4n) is 3.92. The third kappa shape index (κ3) is 4.70. The number of rotatable bonds is 7. The van der Waals surface area contributed by atoms with Gasteiger partial charge in [0.15, 0.2) is 5.58 Å². The molecule has 8 nitrogen and oxygen atoms in total.